The highest BCUT2D eigenvalue weighted by molar-refractivity contribution is 5.93. The van der Waals surface area contributed by atoms with Crippen molar-refractivity contribution >= 4 is 24.0 Å². The number of anilines is 1. The molecular formula is C13H19ClN2O2. The van der Waals surface area contributed by atoms with Gasteiger partial charge in [0, 0.05) is 24.9 Å². The molecule has 0 radical (unpaired) electrons. The second kappa shape index (κ2) is 7.36. The fourth-order valence-corrected chi connectivity index (χ4v) is 2.04. The Labute approximate surface area is 114 Å². The van der Waals surface area contributed by atoms with E-state index in [4.69, 9.17) is 4.74 Å². The fourth-order valence-electron chi connectivity index (χ4n) is 2.04. The number of nitrogens with one attached hydrogen (secondary N) is 2. The third-order valence-electron chi connectivity index (χ3n) is 3.01. The number of amides is 1. The number of methoxy groups -OCH3 is 1. The van der Waals surface area contributed by atoms with E-state index >= 15 is 0 Å². The Balaban J connectivity index is 0.00000162. The van der Waals surface area contributed by atoms with Crippen LogP contribution in [-0.4, -0.2) is 26.1 Å². The van der Waals surface area contributed by atoms with Crippen molar-refractivity contribution in [3.8, 4) is 0 Å². The lowest BCUT2D eigenvalue weighted by atomic mass is 10.1. The van der Waals surface area contributed by atoms with Gasteiger partial charge >= 0.3 is 0 Å². The smallest absolute Gasteiger partial charge is 0.228 e. The van der Waals surface area contributed by atoms with E-state index in [1.807, 2.05) is 24.3 Å². The van der Waals surface area contributed by atoms with Crippen LogP contribution in [0.3, 0.4) is 0 Å². The Bertz CT molecular complexity index is 392. The Morgan fingerprint density at radius 3 is 2.94 bits per heavy atom. The molecule has 5 heteroatoms. The maximum atomic E-state index is 12.0. The summed E-state index contributed by atoms with van der Waals surface area (Å²) in [6.07, 6.45) is 0.915. The lowest BCUT2D eigenvalue weighted by molar-refractivity contribution is -0.119. The largest absolute Gasteiger partial charge is 0.380 e. The van der Waals surface area contributed by atoms with E-state index in [0.29, 0.717) is 6.61 Å². The molecule has 1 aliphatic rings. The molecule has 2 rings (SSSR count). The normalized spacial score (nSPS) is 18.2. The fraction of sp³-hybridized carbons (Fsp3) is 0.462. The van der Waals surface area contributed by atoms with Gasteiger partial charge in [0.25, 0.3) is 0 Å². The number of halogens is 1. The summed E-state index contributed by atoms with van der Waals surface area (Å²) in [6.45, 7) is 2.22. The predicted molar refractivity (Wildman–Crippen MR) is 74.0 cm³/mol. The van der Waals surface area contributed by atoms with Crippen LogP contribution in [0.25, 0.3) is 0 Å². The predicted octanol–water partition coefficient (Wildman–Crippen LogP) is 1.80. The van der Waals surface area contributed by atoms with Crippen LogP contribution in [-0.2, 0) is 16.1 Å². The summed E-state index contributed by atoms with van der Waals surface area (Å²) in [6, 6.07) is 7.74. The van der Waals surface area contributed by atoms with Crippen LogP contribution in [0.4, 0.5) is 5.69 Å². The van der Waals surface area contributed by atoms with Gasteiger partial charge in [-0.15, -0.1) is 12.4 Å². The van der Waals surface area contributed by atoms with Crippen LogP contribution in [0.15, 0.2) is 24.3 Å². The van der Waals surface area contributed by atoms with Gasteiger partial charge < -0.3 is 15.4 Å². The quantitative estimate of drug-likeness (QED) is 0.877. The first-order chi connectivity index (χ1) is 8.31. The van der Waals surface area contributed by atoms with Gasteiger partial charge in [-0.2, -0.15) is 0 Å². The molecule has 18 heavy (non-hydrogen) atoms. The molecule has 0 saturated carbocycles. The maximum absolute atomic E-state index is 12.0. The summed E-state index contributed by atoms with van der Waals surface area (Å²) in [5, 5.41) is 6.17. The molecule has 1 amide bonds. The lowest BCUT2D eigenvalue weighted by Gasteiger charge is -2.13. The number of ether oxygens (including phenoxy) is 1. The van der Waals surface area contributed by atoms with Crippen molar-refractivity contribution in [2.24, 2.45) is 5.92 Å². The zero-order valence-corrected chi connectivity index (χ0v) is 11.3. The third-order valence-corrected chi connectivity index (χ3v) is 3.01. The van der Waals surface area contributed by atoms with E-state index in [2.05, 4.69) is 10.6 Å². The van der Waals surface area contributed by atoms with Crippen molar-refractivity contribution in [2.75, 3.05) is 25.5 Å². The van der Waals surface area contributed by atoms with E-state index in [0.717, 1.165) is 30.8 Å². The second-order valence-corrected chi connectivity index (χ2v) is 4.27. The lowest BCUT2D eigenvalue weighted by Crippen LogP contribution is -2.25. The first-order valence-corrected chi connectivity index (χ1v) is 5.89. The van der Waals surface area contributed by atoms with E-state index in [9.17, 15) is 4.79 Å². The third kappa shape index (κ3) is 3.70. The second-order valence-electron chi connectivity index (χ2n) is 4.27. The number of carbonyl (C=O) groups excluding carboxylic acids is 1. The zero-order chi connectivity index (χ0) is 12.1. The molecule has 0 aliphatic carbocycles. The van der Waals surface area contributed by atoms with Crippen LogP contribution in [0.5, 0.6) is 0 Å². The summed E-state index contributed by atoms with van der Waals surface area (Å²) in [4.78, 5) is 12.0. The molecule has 1 saturated heterocycles. The molecular weight excluding hydrogens is 252 g/mol. The van der Waals surface area contributed by atoms with Gasteiger partial charge in [-0.1, -0.05) is 18.2 Å². The molecule has 2 N–H and O–H groups in total. The Kier molecular flexibility index (Phi) is 6.12. The minimum Gasteiger partial charge on any atom is -0.380 e. The van der Waals surface area contributed by atoms with Crippen molar-refractivity contribution < 1.29 is 9.53 Å². The van der Waals surface area contributed by atoms with Crippen molar-refractivity contribution in [1.29, 1.82) is 0 Å². The number of rotatable bonds is 4. The van der Waals surface area contributed by atoms with Crippen molar-refractivity contribution in [3.63, 3.8) is 0 Å². The van der Waals surface area contributed by atoms with Gasteiger partial charge in [0.2, 0.25) is 5.91 Å². The molecule has 1 aromatic rings. The molecule has 1 aliphatic heterocycles. The van der Waals surface area contributed by atoms with Gasteiger partial charge in [-0.25, -0.2) is 0 Å². The molecule has 1 aromatic carbocycles. The number of hydrogen-bond donors (Lipinski definition) is 2. The molecule has 0 bridgehead atoms. The Morgan fingerprint density at radius 2 is 2.28 bits per heavy atom. The number of benzene rings is 1. The van der Waals surface area contributed by atoms with E-state index in [-0.39, 0.29) is 24.2 Å². The van der Waals surface area contributed by atoms with Gasteiger partial charge in [-0.3, -0.25) is 4.79 Å². The molecule has 1 fully saturated rings. The van der Waals surface area contributed by atoms with Crippen LogP contribution >= 0.6 is 12.4 Å². The van der Waals surface area contributed by atoms with E-state index in [1.54, 1.807) is 7.11 Å². The summed E-state index contributed by atoms with van der Waals surface area (Å²) in [7, 11) is 1.65. The van der Waals surface area contributed by atoms with E-state index < -0.39 is 0 Å². The summed E-state index contributed by atoms with van der Waals surface area (Å²) in [5.74, 6) is 0.184. The minimum absolute atomic E-state index is 0. The SMILES string of the molecule is COCc1ccccc1NC(=O)C1CCNC1.Cl. The molecule has 0 aromatic heterocycles. The standard InChI is InChI=1S/C13H18N2O2.ClH/c1-17-9-11-4-2-3-5-12(11)15-13(16)10-6-7-14-8-10;/h2-5,10,14H,6-9H2,1H3,(H,15,16);1H. The number of para-hydroxylation sites is 1. The van der Waals surface area contributed by atoms with E-state index in [1.165, 1.54) is 0 Å². The maximum Gasteiger partial charge on any atom is 0.228 e. The first kappa shape index (κ1) is 15.0. The highest BCUT2D eigenvalue weighted by atomic mass is 35.5. The summed E-state index contributed by atoms with van der Waals surface area (Å²) in [5.41, 5.74) is 1.86. The van der Waals surface area contributed by atoms with Gasteiger partial charge in [0.1, 0.15) is 0 Å². The van der Waals surface area contributed by atoms with Crippen LogP contribution in [0.1, 0.15) is 12.0 Å². The summed E-state index contributed by atoms with van der Waals surface area (Å²) < 4.78 is 5.11. The molecule has 4 nitrogen and oxygen atoms in total. The minimum atomic E-state index is 0. The van der Waals surface area contributed by atoms with Gasteiger partial charge in [0.05, 0.1) is 12.5 Å². The van der Waals surface area contributed by atoms with Crippen LogP contribution in [0.2, 0.25) is 0 Å². The molecule has 1 unspecified atom stereocenters. The zero-order valence-electron chi connectivity index (χ0n) is 10.4. The molecule has 1 atom stereocenters. The Morgan fingerprint density at radius 1 is 1.50 bits per heavy atom. The van der Waals surface area contributed by atoms with Crippen LogP contribution < -0.4 is 10.6 Å². The van der Waals surface area contributed by atoms with Crippen molar-refractivity contribution in [3.05, 3.63) is 29.8 Å². The number of carbonyl (C=O) groups is 1. The first-order valence-electron chi connectivity index (χ1n) is 5.89. The Hall–Kier alpha value is -1.10. The average Bonchev–Trinajstić information content (AvgIpc) is 2.85. The van der Waals surface area contributed by atoms with Crippen molar-refractivity contribution in [1.82, 2.24) is 5.32 Å². The molecule has 100 valence electrons. The average molecular weight is 271 g/mol. The monoisotopic (exact) mass is 270 g/mol. The van der Waals surface area contributed by atoms with Crippen molar-refractivity contribution in [2.45, 2.75) is 13.0 Å². The van der Waals surface area contributed by atoms with Gasteiger partial charge in [-0.05, 0) is 19.0 Å². The molecule has 0 spiro atoms. The molecule has 1 heterocycles. The highest BCUT2D eigenvalue weighted by Crippen LogP contribution is 2.18. The topological polar surface area (TPSA) is 50.4 Å². The van der Waals surface area contributed by atoms with Gasteiger partial charge in [0.15, 0.2) is 0 Å². The highest BCUT2D eigenvalue weighted by Gasteiger charge is 2.22. The number of hydrogen-bond acceptors (Lipinski definition) is 3. The van der Waals surface area contributed by atoms with Crippen LogP contribution in [0, 0.1) is 5.92 Å². The summed E-state index contributed by atoms with van der Waals surface area (Å²) >= 11 is 0.